The molecule has 0 saturated carbocycles. The summed E-state index contributed by atoms with van der Waals surface area (Å²) in [5.41, 5.74) is 6.78. The van der Waals surface area contributed by atoms with E-state index >= 15 is 0 Å². The van der Waals surface area contributed by atoms with Gasteiger partial charge in [0.05, 0.1) is 12.8 Å². The number of thiocarbonyl (C=S) groups is 1. The largest absolute Gasteiger partial charge is 0.497 e. The smallest absolute Gasteiger partial charge is 0.185 e. The van der Waals surface area contributed by atoms with E-state index in [0.29, 0.717) is 11.2 Å². The van der Waals surface area contributed by atoms with Gasteiger partial charge >= 0.3 is 0 Å². The van der Waals surface area contributed by atoms with Crippen LogP contribution in [0.25, 0.3) is 0 Å². The lowest BCUT2D eigenvalue weighted by Crippen LogP contribution is -2.41. The zero-order valence-corrected chi connectivity index (χ0v) is 10.5. The number of ether oxygens (including phenoxy) is 1. The zero-order chi connectivity index (χ0) is 12.0. The molecule has 4 nitrogen and oxygen atoms in total. The number of hydrazine groups is 1. The van der Waals surface area contributed by atoms with Crippen molar-refractivity contribution in [2.24, 2.45) is 0 Å². The molecule has 0 spiro atoms. The van der Waals surface area contributed by atoms with Gasteiger partial charge in [-0.25, -0.2) is 0 Å². The summed E-state index contributed by atoms with van der Waals surface area (Å²) in [6.45, 7) is 4.05. The topological polar surface area (TPSA) is 45.3 Å². The van der Waals surface area contributed by atoms with E-state index < -0.39 is 0 Å². The van der Waals surface area contributed by atoms with E-state index in [1.165, 1.54) is 0 Å². The Hall–Kier alpha value is -1.49. The molecule has 1 aromatic rings. The van der Waals surface area contributed by atoms with Gasteiger partial charge in [0.15, 0.2) is 5.11 Å². The highest BCUT2D eigenvalue weighted by molar-refractivity contribution is 7.80. The number of methoxy groups -OCH3 is 1. The fourth-order valence-electron chi connectivity index (χ4n) is 1.13. The fourth-order valence-corrected chi connectivity index (χ4v) is 1.41. The van der Waals surface area contributed by atoms with Crippen molar-refractivity contribution < 1.29 is 4.74 Å². The molecule has 0 unspecified atom stereocenters. The highest BCUT2D eigenvalue weighted by atomic mass is 32.1. The Morgan fingerprint density at radius 1 is 1.38 bits per heavy atom. The van der Waals surface area contributed by atoms with Crippen LogP contribution in [0, 0.1) is 0 Å². The Morgan fingerprint density at radius 3 is 2.75 bits per heavy atom. The van der Waals surface area contributed by atoms with Gasteiger partial charge in [0.25, 0.3) is 0 Å². The lowest BCUT2D eigenvalue weighted by atomic mass is 10.3. The van der Waals surface area contributed by atoms with Crippen LogP contribution in [-0.2, 0) is 0 Å². The lowest BCUT2D eigenvalue weighted by molar-refractivity contribution is 0.415. The molecule has 0 aliphatic rings. The third kappa shape index (κ3) is 4.35. The summed E-state index contributed by atoms with van der Waals surface area (Å²) in [5.74, 6) is 0.800. The van der Waals surface area contributed by atoms with Crippen molar-refractivity contribution in [1.29, 1.82) is 0 Å². The predicted octanol–water partition coefficient (Wildman–Crippen LogP) is 1.89. The summed E-state index contributed by atoms with van der Waals surface area (Å²) in [6, 6.07) is 7.91. The first-order chi connectivity index (χ1) is 7.61. The third-order valence-corrected chi connectivity index (χ3v) is 2.03. The van der Waals surface area contributed by atoms with Crippen molar-refractivity contribution >= 4 is 23.0 Å². The van der Waals surface area contributed by atoms with E-state index in [-0.39, 0.29) is 0 Å². The number of nitrogens with one attached hydrogen (secondary N) is 3. The maximum Gasteiger partial charge on any atom is 0.185 e. The molecule has 0 atom stereocenters. The Morgan fingerprint density at radius 2 is 2.12 bits per heavy atom. The summed E-state index contributed by atoms with van der Waals surface area (Å²) in [7, 11) is 1.64. The summed E-state index contributed by atoms with van der Waals surface area (Å²) in [6.07, 6.45) is 0. The molecule has 3 N–H and O–H groups in total. The van der Waals surface area contributed by atoms with Gasteiger partial charge in [-0.2, -0.15) is 0 Å². The van der Waals surface area contributed by atoms with Crippen LogP contribution in [0.4, 0.5) is 5.69 Å². The molecule has 0 aliphatic heterocycles. The van der Waals surface area contributed by atoms with Gasteiger partial charge in [-0.1, -0.05) is 6.07 Å². The average molecular weight is 239 g/mol. The van der Waals surface area contributed by atoms with Crippen LogP contribution >= 0.6 is 12.2 Å². The maximum atomic E-state index is 5.11. The van der Waals surface area contributed by atoms with Crippen molar-refractivity contribution in [2.75, 3.05) is 12.5 Å². The minimum absolute atomic E-state index is 0.312. The molecule has 0 radical (unpaired) electrons. The van der Waals surface area contributed by atoms with Crippen molar-refractivity contribution in [3.8, 4) is 5.75 Å². The normalized spacial score (nSPS) is 9.75. The lowest BCUT2D eigenvalue weighted by Gasteiger charge is -2.14. The Balaban J connectivity index is 2.45. The second kappa shape index (κ2) is 6.17. The highest BCUT2D eigenvalue weighted by Gasteiger charge is 1.98. The van der Waals surface area contributed by atoms with Crippen molar-refractivity contribution in [3.63, 3.8) is 0 Å². The van der Waals surface area contributed by atoms with Crippen LogP contribution in [0.2, 0.25) is 0 Å². The van der Waals surface area contributed by atoms with E-state index in [4.69, 9.17) is 17.0 Å². The SMILES string of the molecule is COc1cccc(NNC(=S)NC(C)C)c1. The van der Waals surface area contributed by atoms with E-state index in [1.807, 2.05) is 38.1 Å². The van der Waals surface area contributed by atoms with Crippen molar-refractivity contribution in [2.45, 2.75) is 19.9 Å². The first-order valence-electron chi connectivity index (χ1n) is 5.08. The number of benzene rings is 1. The molecule has 0 aromatic heterocycles. The molecule has 1 rings (SSSR count). The zero-order valence-electron chi connectivity index (χ0n) is 9.70. The molecule has 88 valence electrons. The number of hydrogen-bond acceptors (Lipinski definition) is 3. The molecule has 0 saturated heterocycles. The molecule has 0 heterocycles. The van der Waals surface area contributed by atoms with Crippen molar-refractivity contribution in [1.82, 2.24) is 10.7 Å². The van der Waals surface area contributed by atoms with Gasteiger partial charge < -0.3 is 10.1 Å². The quantitative estimate of drug-likeness (QED) is 0.553. The first kappa shape index (κ1) is 12.6. The molecule has 0 fully saturated rings. The van der Waals surface area contributed by atoms with E-state index in [0.717, 1.165) is 11.4 Å². The van der Waals surface area contributed by atoms with E-state index in [2.05, 4.69) is 16.2 Å². The summed E-state index contributed by atoms with van der Waals surface area (Å²) < 4.78 is 5.11. The predicted molar refractivity (Wildman–Crippen MR) is 70.6 cm³/mol. The summed E-state index contributed by atoms with van der Waals surface area (Å²) >= 11 is 5.07. The van der Waals surface area contributed by atoms with Gasteiger partial charge in [0, 0.05) is 12.1 Å². The third-order valence-electron chi connectivity index (χ3n) is 1.81. The monoisotopic (exact) mass is 239 g/mol. The summed E-state index contributed by atoms with van der Waals surface area (Å²) in [4.78, 5) is 0. The van der Waals surface area contributed by atoms with Crippen LogP contribution in [0.15, 0.2) is 24.3 Å². The molecule has 0 bridgehead atoms. The molecule has 0 amide bonds. The molecule has 1 aromatic carbocycles. The Bertz CT molecular complexity index is 355. The molecule has 5 heteroatoms. The molecule has 16 heavy (non-hydrogen) atoms. The van der Waals surface area contributed by atoms with Gasteiger partial charge in [0.2, 0.25) is 0 Å². The number of anilines is 1. The number of hydrogen-bond donors (Lipinski definition) is 3. The minimum atomic E-state index is 0.312. The Kier molecular flexibility index (Phi) is 4.85. The second-order valence-corrected chi connectivity index (χ2v) is 4.02. The summed E-state index contributed by atoms with van der Waals surface area (Å²) in [5, 5.41) is 3.64. The van der Waals surface area contributed by atoms with Crippen LogP contribution in [-0.4, -0.2) is 18.3 Å². The molecular formula is C11H17N3OS. The van der Waals surface area contributed by atoms with Gasteiger partial charge in [-0.05, 0) is 38.2 Å². The fraction of sp³-hybridized carbons (Fsp3) is 0.364. The minimum Gasteiger partial charge on any atom is -0.497 e. The average Bonchev–Trinajstić information content (AvgIpc) is 2.26. The van der Waals surface area contributed by atoms with E-state index in [9.17, 15) is 0 Å². The van der Waals surface area contributed by atoms with Gasteiger partial charge in [-0.15, -0.1) is 0 Å². The molecular weight excluding hydrogens is 222 g/mol. The van der Waals surface area contributed by atoms with Crippen LogP contribution in [0.1, 0.15) is 13.8 Å². The van der Waals surface area contributed by atoms with Crippen LogP contribution in [0.5, 0.6) is 5.75 Å². The van der Waals surface area contributed by atoms with Crippen molar-refractivity contribution in [3.05, 3.63) is 24.3 Å². The van der Waals surface area contributed by atoms with E-state index in [1.54, 1.807) is 7.11 Å². The number of rotatable bonds is 4. The standard InChI is InChI=1S/C11H17N3OS/c1-8(2)12-11(16)14-13-9-5-4-6-10(7-9)15-3/h4-8,13H,1-3H3,(H2,12,14,16). The van der Waals surface area contributed by atoms with Crippen LogP contribution in [0.3, 0.4) is 0 Å². The first-order valence-corrected chi connectivity index (χ1v) is 5.49. The second-order valence-electron chi connectivity index (χ2n) is 3.61. The molecule has 0 aliphatic carbocycles. The van der Waals surface area contributed by atoms with Crippen LogP contribution < -0.4 is 20.9 Å². The van der Waals surface area contributed by atoms with Gasteiger partial charge in [0.1, 0.15) is 5.75 Å². The van der Waals surface area contributed by atoms with Gasteiger partial charge in [-0.3, -0.25) is 10.9 Å². The maximum absolute atomic E-state index is 5.11. The highest BCUT2D eigenvalue weighted by Crippen LogP contribution is 2.15. The Labute approximate surface area is 101 Å².